The van der Waals surface area contributed by atoms with Gasteiger partial charge in [-0.15, -0.1) is 0 Å². The summed E-state index contributed by atoms with van der Waals surface area (Å²) in [4.78, 5) is 2.60. The van der Waals surface area contributed by atoms with Crippen molar-refractivity contribution in [2.45, 2.75) is 39.3 Å². The molecule has 2 heteroatoms. The molecule has 0 radical (unpaired) electrons. The van der Waals surface area contributed by atoms with E-state index in [1.54, 1.807) is 0 Å². The van der Waals surface area contributed by atoms with E-state index in [9.17, 15) is 0 Å². The number of alkyl halides is 1. The van der Waals surface area contributed by atoms with Crippen LogP contribution in [0.4, 0.5) is 0 Å². The molecule has 1 aromatic rings. The fourth-order valence-electron chi connectivity index (χ4n) is 2.33. The summed E-state index contributed by atoms with van der Waals surface area (Å²) in [5.74, 6) is 0. The second-order valence-corrected chi connectivity index (χ2v) is 5.68. The minimum atomic E-state index is 0.846. The highest BCUT2D eigenvalue weighted by Crippen LogP contribution is 2.28. The first kappa shape index (κ1) is 12.1. The van der Waals surface area contributed by atoms with Crippen molar-refractivity contribution in [3.8, 4) is 0 Å². The minimum Gasteiger partial charge on any atom is -0.295 e. The van der Waals surface area contributed by atoms with Gasteiger partial charge in [-0.05, 0) is 32.3 Å². The molecule has 0 N–H and O–H groups in total. The molecule has 0 aliphatic heterocycles. The molecule has 0 unspecified atom stereocenters. The van der Waals surface area contributed by atoms with Crippen LogP contribution in [-0.2, 0) is 6.54 Å². The lowest BCUT2D eigenvalue weighted by Gasteiger charge is -2.21. The summed E-state index contributed by atoms with van der Waals surface area (Å²) >= 11 is 3.55. The number of benzene rings is 1. The Morgan fingerprint density at radius 2 is 1.81 bits per heavy atom. The molecule has 1 fully saturated rings. The lowest BCUT2D eigenvalue weighted by molar-refractivity contribution is 0.272. The summed E-state index contributed by atoms with van der Waals surface area (Å²) in [6, 6.07) is 7.72. The van der Waals surface area contributed by atoms with Crippen molar-refractivity contribution < 1.29 is 0 Å². The summed E-state index contributed by atoms with van der Waals surface area (Å²) in [5, 5.41) is 1.08. The molecular formula is C14H20BrN. The number of nitrogens with zero attached hydrogens (tertiary/aromatic N) is 1. The van der Waals surface area contributed by atoms with Crippen LogP contribution in [0.5, 0.6) is 0 Å². The molecule has 0 spiro atoms. The third-order valence-electron chi connectivity index (χ3n) is 3.10. The van der Waals surface area contributed by atoms with Crippen LogP contribution >= 0.6 is 15.9 Å². The summed E-state index contributed by atoms with van der Waals surface area (Å²) in [6.07, 6.45) is 2.77. The van der Waals surface area contributed by atoms with E-state index in [-0.39, 0.29) is 0 Å². The van der Waals surface area contributed by atoms with Gasteiger partial charge >= 0.3 is 0 Å². The summed E-state index contributed by atoms with van der Waals surface area (Å²) in [6.45, 7) is 6.64. The van der Waals surface area contributed by atoms with E-state index in [2.05, 4.69) is 52.9 Å². The molecule has 0 aromatic heterocycles. The average Bonchev–Trinajstić information content (AvgIpc) is 2.98. The maximum Gasteiger partial charge on any atom is 0.0237 e. The summed E-state index contributed by atoms with van der Waals surface area (Å²) in [7, 11) is 0. The SMILES string of the molecule is Cc1cc(C)cc(CN(CCBr)C2CC2)c1. The Morgan fingerprint density at radius 3 is 2.31 bits per heavy atom. The third-order valence-corrected chi connectivity index (χ3v) is 3.46. The van der Waals surface area contributed by atoms with E-state index in [0.717, 1.165) is 24.5 Å². The number of halogens is 1. The Labute approximate surface area is 107 Å². The second-order valence-electron chi connectivity index (χ2n) is 4.89. The monoisotopic (exact) mass is 281 g/mol. The molecule has 1 aliphatic rings. The quantitative estimate of drug-likeness (QED) is 0.745. The third kappa shape index (κ3) is 3.33. The zero-order valence-electron chi connectivity index (χ0n) is 10.2. The molecule has 0 saturated heterocycles. The Balaban J connectivity index is 2.05. The van der Waals surface area contributed by atoms with Gasteiger partial charge in [0.25, 0.3) is 0 Å². The van der Waals surface area contributed by atoms with Crippen LogP contribution in [-0.4, -0.2) is 22.8 Å². The molecule has 1 saturated carbocycles. The normalized spacial score (nSPS) is 15.8. The van der Waals surface area contributed by atoms with Crippen molar-refractivity contribution in [2.24, 2.45) is 0 Å². The topological polar surface area (TPSA) is 3.24 Å². The van der Waals surface area contributed by atoms with Crippen molar-refractivity contribution in [3.63, 3.8) is 0 Å². The maximum absolute atomic E-state index is 3.55. The molecular weight excluding hydrogens is 262 g/mol. The largest absolute Gasteiger partial charge is 0.295 e. The van der Waals surface area contributed by atoms with Gasteiger partial charge in [-0.3, -0.25) is 4.90 Å². The predicted octanol–water partition coefficient (Wildman–Crippen LogP) is 3.66. The van der Waals surface area contributed by atoms with Crippen LogP contribution in [0.2, 0.25) is 0 Å². The average molecular weight is 282 g/mol. The molecule has 16 heavy (non-hydrogen) atoms. The van der Waals surface area contributed by atoms with Crippen molar-refractivity contribution in [1.29, 1.82) is 0 Å². The Kier molecular flexibility index (Phi) is 4.04. The van der Waals surface area contributed by atoms with Gasteiger partial charge in [-0.2, -0.15) is 0 Å². The van der Waals surface area contributed by atoms with Crippen LogP contribution < -0.4 is 0 Å². The van der Waals surface area contributed by atoms with Crippen LogP contribution in [0.1, 0.15) is 29.5 Å². The van der Waals surface area contributed by atoms with E-state index in [0.29, 0.717) is 0 Å². The number of aryl methyl sites for hydroxylation is 2. The Hall–Kier alpha value is -0.340. The van der Waals surface area contributed by atoms with Gasteiger partial charge in [0.2, 0.25) is 0 Å². The zero-order chi connectivity index (χ0) is 11.5. The van der Waals surface area contributed by atoms with Gasteiger partial charge in [0.1, 0.15) is 0 Å². The standard InChI is InChI=1S/C14H20BrN/c1-11-7-12(2)9-13(8-11)10-16(6-5-15)14-3-4-14/h7-9,14H,3-6,10H2,1-2H3. The predicted molar refractivity (Wildman–Crippen MR) is 73.1 cm³/mol. The van der Waals surface area contributed by atoms with Gasteiger partial charge < -0.3 is 0 Å². The summed E-state index contributed by atoms with van der Waals surface area (Å²) < 4.78 is 0. The lowest BCUT2D eigenvalue weighted by atomic mass is 10.1. The Bertz CT molecular complexity index is 338. The number of rotatable bonds is 5. The maximum atomic E-state index is 3.55. The molecule has 0 atom stereocenters. The number of hydrogen-bond acceptors (Lipinski definition) is 1. The van der Waals surface area contributed by atoms with Gasteiger partial charge in [0, 0.05) is 24.5 Å². The fourth-order valence-corrected chi connectivity index (χ4v) is 2.79. The molecule has 88 valence electrons. The van der Waals surface area contributed by atoms with Crippen LogP contribution in [0.3, 0.4) is 0 Å². The van der Waals surface area contributed by atoms with Crippen LogP contribution in [0.15, 0.2) is 18.2 Å². The van der Waals surface area contributed by atoms with Crippen molar-refractivity contribution >= 4 is 15.9 Å². The highest BCUT2D eigenvalue weighted by atomic mass is 79.9. The molecule has 0 amide bonds. The first-order valence-corrected chi connectivity index (χ1v) is 7.18. The molecule has 1 aromatic carbocycles. The minimum absolute atomic E-state index is 0.846. The molecule has 2 rings (SSSR count). The highest BCUT2D eigenvalue weighted by molar-refractivity contribution is 9.09. The second kappa shape index (κ2) is 5.33. The molecule has 0 bridgehead atoms. The van der Waals surface area contributed by atoms with E-state index < -0.39 is 0 Å². The van der Waals surface area contributed by atoms with Gasteiger partial charge in [-0.1, -0.05) is 45.3 Å². The van der Waals surface area contributed by atoms with Gasteiger partial charge in [0.05, 0.1) is 0 Å². The van der Waals surface area contributed by atoms with Gasteiger partial charge in [0.15, 0.2) is 0 Å². The molecule has 1 aliphatic carbocycles. The van der Waals surface area contributed by atoms with E-state index in [4.69, 9.17) is 0 Å². The summed E-state index contributed by atoms with van der Waals surface area (Å²) in [5.41, 5.74) is 4.22. The van der Waals surface area contributed by atoms with Crippen molar-refractivity contribution in [3.05, 3.63) is 34.9 Å². The molecule has 1 nitrogen and oxygen atoms in total. The van der Waals surface area contributed by atoms with Crippen LogP contribution in [0, 0.1) is 13.8 Å². The van der Waals surface area contributed by atoms with Crippen molar-refractivity contribution in [1.82, 2.24) is 4.90 Å². The van der Waals surface area contributed by atoms with Crippen LogP contribution in [0.25, 0.3) is 0 Å². The first-order valence-electron chi connectivity index (χ1n) is 6.06. The van der Waals surface area contributed by atoms with E-state index in [1.165, 1.54) is 29.5 Å². The number of hydrogen-bond donors (Lipinski definition) is 0. The zero-order valence-corrected chi connectivity index (χ0v) is 11.8. The smallest absolute Gasteiger partial charge is 0.0237 e. The van der Waals surface area contributed by atoms with Gasteiger partial charge in [-0.25, -0.2) is 0 Å². The first-order chi connectivity index (χ1) is 7.69. The van der Waals surface area contributed by atoms with E-state index >= 15 is 0 Å². The van der Waals surface area contributed by atoms with E-state index in [1.807, 2.05) is 0 Å². The fraction of sp³-hybridized carbons (Fsp3) is 0.571. The lowest BCUT2D eigenvalue weighted by Crippen LogP contribution is -2.27. The molecule has 0 heterocycles. The highest BCUT2D eigenvalue weighted by Gasteiger charge is 2.28. The Morgan fingerprint density at radius 1 is 1.19 bits per heavy atom. The van der Waals surface area contributed by atoms with Crippen molar-refractivity contribution in [2.75, 3.05) is 11.9 Å².